The molecule has 15 heteroatoms. The number of anilines is 1. The van der Waals surface area contributed by atoms with Gasteiger partial charge >= 0.3 is 6.18 Å². The Hall–Kier alpha value is -4.85. The lowest BCUT2D eigenvalue weighted by Gasteiger charge is -2.23. The van der Waals surface area contributed by atoms with Crippen LogP contribution in [0.1, 0.15) is 53.2 Å². The first-order valence-corrected chi connectivity index (χ1v) is 14.3. The first-order valence-electron chi connectivity index (χ1n) is 14.9. The number of pyridine rings is 1. The highest BCUT2D eigenvalue weighted by Gasteiger charge is 2.35. The number of hydrogen-bond acceptors (Lipinski definition) is 7. The Kier molecular flexibility index (Phi) is 7.33. The second kappa shape index (κ2) is 11.9. The summed E-state index contributed by atoms with van der Waals surface area (Å²) in [6, 6.07) is 8.60. The fourth-order valence-electron chi connectivity index (χ4n) is 5.33. The second-order valence-corrected chi connectivity index (χ2v) is 11.0. The minimum absolute atomic E-state index is 0.153. The first kappa shape index (κ1) is 27.7. The topological polar surface area (TPSA) is 125 Å². The Labute approximate surface area is 262 Å². The predicted octanol–water partition coefficient (Wildman–Crippen LogP) is 5.79. The van der Waals surface area contributed by atoms with Crippen LogP contribution in [0.25, 0.3) is 28.3 Å². The van der Waals surface area contributed by atoms with Crippen molar-refractivity contribution in [2.45, 2.75) is 51.8 Å². The van der Waals surface area contributed by atoms with Crippen molar-refractivity contribution < 1.29 is 20.7 Å². The minimum Gasteiger partial charge on any atom is -0.323 e. The van der Waals surface area contributed by atoms with Crippen LogP contribution in [0.3, 0.4) is 0 Å². The van der Waals surface area contributed by atoms with Crippen molar-refractivity contribution >= 4 is 23.2 Å². The number of aryl methyl sites for hydroxylation is 1. The number of nitrogens with one attached hydrogen (secondary N) is 1. The van der Waals surface area contributed by atoms with Gasteiger partial charge in [0.2, 0.25) is 5.91 Å². The summed E-state index contributed by atoms with van der Waals surface area (Å²) in [4.78, 5) is 35.8. The van der Waals surface area contributed by atoms with Gasteiger partial charge in [0, 0.05) is 35.3 Å². The van der Waals surface area contributed by atoms with Crippen molar-refractivity contribution in [1.82, 2.24) is 39.3 Å². The number of nitrogens with zero attached hydrogens (tertiary/aromatic N) is 8. The van der Waals surface area contributed by atoms with E-state index < -0.39 is 35.9 Å². The molecule has 6 rings (SSSR count). The zero-order valence-corrected chi connectivity index (χ0v) is 24.7. The third-order valence-electron chi connectivity index (χ3n) is 7.65. The number of rotatable bonds is 4. The van der Waals surface area contributed by atoms with Crippen LogP contribution in [0.15, 0.2) is 66.1 Å². The maximum Gasteiger partial charge on any atom is 0.436 e. The van der Waals surface area contributed by atoms with Crippen LogP contribution in [0.4, 0.5) is 18.9 Å². The molecule has 5 aromatic rings. The highest BCUT2D eigenvalue weighted by molar-refractivity contribution is 6.31. The molecule has 4 aromatic heterocycles. The fraction of sp³-hybridized carbons (Fsp3) is 0.300. The number of benzene rings is 1. The van der Waals surface area contributed by atoms with Gasteiger partial charge in [0.1, 0.15) is 5.69 Å². The maximum atomic E-state index is 13.8. The Morgan fingerprint density at radius 3 is 2.67 bits per heavy atom. The molecule has 0 spiro atoms. The third-order valence-corrected chi connectivity index (χ3v) is 7.88. The molecule has 0 unspecified atom stereocenters. The van der Waals surface area contributed by atoms with Gasteiger partial charge in [-0.3, -0.25) is 23.8 Å². The van der Waals surface area contributed by atoms with Gasteiger partial charge in [0.25, 0.3) is 5.56 Å². The van der Waals surface area contributed by atoms with Crippen molar-refractivity contribution in [1.29, 1.82) is 0 Å². The fourth-order valence-corrected chi connectivity index (χ4v) is 5.50. The van der Waals surface area contributed by atoms with Gasteiger partial charge in [-0.05, 0) is 55.7 Å². The van der Waals surface area contributed by atoms with Crippen LogP contribution >= 0.6 is 11.6 Å². The summed E-state index contributed by atoms with van der Waals surface area (Å²) in [7, 11) is 0. The molecule has 0 fully saturated rings. The van der Waals surface area contributed by atoms with Gasteiger partial charge in [-0.15, -0.1) is 5.10 Å². The molecule has 1 amide bonds. The van der Waals surface area contributed by atoms with E-state index in [1.54, 1.807) is 25.3 Å². The Morgan fingerprint density at radius 1 is 1.11 bits per heavy atom. The van der Waals surface area contributed by atoms with Crippen molar-refractivity contribution in [3.05, 3.63) is 87.9 Å². The van der Waals surface area contributed by atoms with E-state index in [1.165, 1.54) is 48.3 Å². The van der Waals surface area contributed by atoms with Gasteiger partial charge < -0.3 is 5.32 Å². The number of fused-ring (bicyclic) bond motifs is 4. The van der Waals surface area contributed by atoms with E-state index >= 15 is 0 Å². The number of amides is 1. The van der Waals surface area contributed by atoms with Gasteiger partial charge in [0.05, 0.1) is 50.3 Å². The number of hydrogen-bond donors (Lipinski definition) is 1. The molecule has 5 heterocycles. The van der Waals surface area contributed by atoms with E-state index in [2.05, 4.69) is 30.7 Å². The van der Waals surface area contributed by atoms with Gasteiger partial charge in [-0.1, -0.05) is 30.2 Å². The zero-order valence-electron chi connectivity index (χ0n) is 26.0. The van der Waals surface area contributed by atoms with E-state index in [9.17, 15) is 22.8 Å². The molecule has 45 heavy (non-hydrogen) atoms. The average Bonchev–Trinajstić information content (AvgIpc) is 3.67. The second-order valence-electron chi connectivity index (χ2n) is 10.6. The van der Waals surface area contributed by atoms with Crippen molar-refractivity contribution in [3.8, 4) is 28.3 Å². The summed E-state index contributed by atoms with van der Waals surface area (Å²) >= 11 is 6.24. The van der Waals surface area contributed by atoms with Gasteiger partial charge in [-0.25, -0.2) is 9.67 Å². The van der Waals surface area contributed by atoms with E-state index in [0.717, 1.165) is 15.6 Å². The number of carbonyl (C=O) groups is 1. The van der Waals surface area contributed by atoms with E-state index in [1.807, 2.05) is 0 Å². The molecule has 0 saturated heterocycles. The lowest BCUT2D eigenvalue weighted by molar-refractivity contribution is -0.141. The van der Waals surface area contributed by atoms with Gasteiger partial charge in [0.15, 0.2) is 5.69 Å². The molecule has 0 aliphatic carbocycles. The summed E-state index contributed by atoms with van der Waals surface area (Å²) < 4.78 is 59.8. The Balaban J connectivity index is 1.44. The van der Waals surface area contributed by atoms with Crippen molar-refractivity contribution in [2.24, 2.45) is 5.92 Å². The summed E-state index contributed by atoms with van der Waals surface area (Å²) in [6.45, 7) is 1.20. The number of aromatic nitrogens is 8. The van der Waals surface area contributed by atoms with Crippen molar-refractivity contribution in [3.63, 3.8) is 0 Å². The summed E-state index contributed by atoms with van der Waals surface area (Å²) in [5.41, 5.74) is 0.576. The van der Waals surface area contributed by atoms with Crippen LogP contribution in [0, 0.1) is 5.92 Å². The van der Waals surface area contributed by atoms with E-state index in [-0.39, 0.29) is 33.6 Å². The average molecular weight is 640 g/mol. The van der Waals surface area contributed by atoms with E-state index in [0.29, 0.717) is 36.2 Å². The summed E-state index contributed by atoms with van der Waals surface area (Å²) in [5, 5.41) is 14.2. The molecule has 1 aliphatic rings. The van der Waals surface area contributed by atoms with Crippen molar-refractivity contribution in [2.75, 3.05) is 5.32 Å². The maximum absolute atomic E-state index is 13.8. The molecule has 1 aliphatic heterocycles. The normalized spacial score (nSPS) is 18.2. The molecule has 1 N–H and O–H groups in total. The molecule has 0 saturated carbocycles. The van der Waals surface area contributed by atoms with Crippen LogP contribution in [0.2, 0.25) is 5.02 Å². The number of alkyl halides is 3. The quantitative estimate of drug-likeness (QED) is 0.264. The highest BCUT2D eigenvalue weighted by atomic mass is 35.5. The molecule has 2 atom stereocenters. The summed E-state index contributed by atoms with van der Waals surface area (Å²) in [6.07, 6.45) is 1.85. The van der Waals surface area contributed by atoms with Crippen LogP contribution in [-0.2, 0) is 17.5 Å². The Bertz CT molecular complexity index is 2040. The highest BCUT2D eigenvalue weighted by Crippen LogP contribution is 2.34. The standard InChI is InChI=1S/C30H27ClF3N9O2/c1-3-42-28-22-11-18(9-10-35-22)24(6-4-5-17(2)29(45)38-23(28)14-37-42)41-16-36-21(13-27(41)44)20-12-19(31)7-8-25(20)43-15-26(39-40-43)30(32,33)34/h7-17,24H,3-6H2,1-2H3,(H,38,45)/t17-,24+/m1/s1/i3D2. The molecule has 11 nitrogen and oxygen atoms in total. The van der Waals surface area contributed by atoms with Crippen LogP contribution in [0.5, 0.6) is 0 Å². The molecular formula is C30H27ClF3N9O2. The lowest BCUT2D eigenvalue weighted by Crippen LogP contribution is -2.26. The lowest BCUT2D eigenvalue weighted by atomic mass is 9.95. The number of halogens is 4. The van der Waals surface area contributed by atoms with Crippen LogP contribution in [-0.4, -0.2) is 45.2 Å². The zero-order chi connectivity index (χ0) is 33.7. The SMILES string of the molecule is [2H]C([2H])(C)n1ncc2c1-c1cc(ccn1)[C@@H](n1cnc(-c3cc(Cl)ccc3-n3cc(C(F)(F)F)nn3)cc1=O)CCC[C@@H](C)C(=O)N2. The van der Waals surface area contributed by atoms with E-state index in [4.69, 9.17) is 14.3 Å². The molecule has 0 radical (unpaired) electrons. The monoisotopic (exact) mass is 639 g/mol. The minimum atomic E-state index is -4.70. The Morgan fingerprint density at radius 2 is 1.93 bits per heavy atom. The molecule has 1 aromatic carbocycles. The van der Waals surface area contributed by atoms with Gasteiger partial charge in [-0.2, -0.15) is 18.3 Å². The smallest absolute Gasteiger partial charge is 0.323 e. The first-order chi connectivity index (χ1) is 22.2. The molecular weight excluding hydrogens is 611 g/mol. The van der Waals surface area contributed by atoms with Crippen LogP contribution < -0.4 is 10.9 Å². The summed E-state index contributed by atoms with van der Waals surface area (Å²) in [5.74, 6) is -0.657. The molecule has 232 valence electrons. The third kappa shape index (κ3) is 5.97. The largest absolute Gasteiger partial charge is 0.436 e. The predicted molar refractivity (Wildman–Crippen MR) is 160 cm³/mol. The molecule has 2 bridgehead atoms. The number of carbonyl (C=O) groups excluding carboxylic acids is 1.